The van der Waals surface area contributed by atoms with E-state index in [0.717, 1.165) is 5.56 Å². The SMILES string of the molecule is C[C@@H]1OC(=O)[C@H](COCc2ccccc2)NC1=O. The molecule has 1 aliphatic rings. The third kappa shape index (κ3) is 3.07. The monoisotopic (exact) mass is 249 g/mol. The molecule has 2 rings (SSSR count). The van der Waals surface area contributed by atoms with E-state index in [9.17, 15) is 9.59 Å². The first-order valence-corrected chi connectivity index (χ1v) is 5.79. The molecule has 96 valence electrons. The summed E-state index contributed by atoms with van der Waals surface area (Å²) in [4.78, 5) is 22.8. The molecule has 0 saturated carbocycles. The molecule has 1 aliphatic heterocycles. The second kappa shape index (κ2) is 5.64. The minimum absolute atomic E-state index is 0.117. The van der Waals surface area contributed by atoms with Crippen molar-refractivity contribution in [3.05, 3.63) is 35.9 Å². The molecule has 1 saturated heterocycles. The van der Waals surface area contributed by atoms with Gasteiger partial charge in [-0.2, -0.15) is 0 Å². The zero-order valence-electron chi connectivity index (χ0n) is 10.1. The van der Waals surface area contributed by atoms with Crippen molar-refractivity contribution in [3.63, 3.8) is 0 Å². The van der Waals surface area contributed by atoms with E-state index >= 15 is 0 Å². The van der Waals surface area contributed by atoms with Crippen LogP contribution in [0.25, 0.3) is 0 Å². The number of benzene rings is 1. The lowest BCUT2D eigenvalue weighted by atomic mass is 10.2. The third-order valence-corrected chi connectivity index (χ3v) is 2.66. The van der Waals surface area contributed by atoms with Gasteiger partial charge in [-0.05, 0) is 12.5 Å². The second-order valence-corrected chi connectivity index (χ2v) is 4.14. The molecule has 1 N–H and O–H groups in total. The zero-order valence-corrected chi connectivity index (χ0v) is 10.1. The fraction of sp³-hybridized carbons (Fsp3) is 0.385. The molecule has 5 heteroatoms. The van der Waals surface area contributed by atoms with Crippen molar-refractivity contribution < 1.29 is 19.1 Å². The molecular weight excluding hydrogens is 234 g/mol. The third-order valence-electron chi connectivity index (χ3n) is 2.66. The Labute approximate surface area is 105 Å². The van der Waals surface area contributed by atoms with Crippen molar-refractivity contribution in [2.24, 2.45) is 0 Å². The molecule has 2 atom stereocenters. The molecule has 0 spiro atoms. The normalized spacial score (nSPS) is 23.4. The largest absolute Gasteiger partial charge is 0.451 e. The van der Waals surface area contributed by atoms with Gasteiger partial charge in [-0.25, -0.2) is 4.79 Å². The quantitative estimate of drug-likeness (QED) is 0.795. The Hall–Kier alpha value is -1.88. The van der Waals surface area contributed by atoms with E-state index in [1.54, 1.807) is 0 Å². The highest BCUT2D eigenvalue weighted by atomic mass is 16.6. The van der Waals surface area contributed by atoms with Crippen LogP contribution in [0, 0.1) is 0 Å². The Morgan fingerprint density at radius 2 is 2.00 bits per heavy atom. The van der Waals surface area contributed by atoms with Gasteiger partial charge >= 0.3 is 5.97 Å². The lowest BCUT2D eigenvalue weighted by Gasteiger charge is -2.26. The highest BCUT2D eigenvalue weighted by Gasteiger charge is 2.33. The Bertz CT molecular complexity index is 432. The van der Waals surface area contributed by atoms with E-state index in [1.807, 2.05) is 30.3 Å². The van der Waals surface area contributed by atoms with Gasteiger partial charge < -0.3 is 14.8 Å². The van der Waals surface area contributed by atoms with E-state index < -0.39 is 18.1 Å². The van der Waals surface area contributed by atoms with Gasteiger partial charge in [-0.3, -0.25) is 4.79 Å². The summed E-state index contributed by atoms with van der Waals surface area (Å²) in [5.74, 6) is -0.738. The molecule has 1 heterocycles. The Kier molecular flexibility index (Phi) is 3.94. The maximum absolute atomic E-state index is 11.5. The van der Waals surface area contributed by atoms with Crippen LogP contribution in [0.2, 0.25) is 0 Å². The number of morpholine rings is 1. The average Bonchev–Trinajstić information content (AvgIpc) is 2.37. The summed E-state index contributed by atoms with van der Waals surface area (Å²) in [6, 6.07) is 8.90. The van der Waals surface area contributed by atoms with Crippen LogP contribution in [-0.4, -0.2) is 30.6 Å². The number of cyclic esters (lactones) is 1. The van der Waals surface area contributed by atoms with E-state index in [0.29, 0.717) is 6.61 Å². The van der Waals surface area contributed by atoms with Crippen molar-refractivity contribution in [1.29, 1.82) is 0 Å². The maximum atomic E-state index is 11.5. The minimum atomic E-state index is -0.720. The van der Waals surface area contributed by atoms with Gasteiger partial charge in [0, 0.05) is 0 Å². The first kappa shape index (κ1) is 12.6. The fourth-order valence-electron chi connectivity index (χ4n) is 1.64. The number of carbonyl (C=O) groups is 2. The van der Waals surface area contributed by atoms with Crippen molar-refractivity contribution in [1.82, 2.24) is 5.32 Å². The number of ether oxygens (including phenoxy) is 2. The molecule has 0 radical (unpaired) electrons. The van der Waals surface area contributed by atoms with Crippen molar-refractivity contribution in [3.8, 4) is 0 Å². The number of carbonyl (C=O) groups excluding carboxylic acids is 2. The van der Waals surface area contributed by atoms with Crippen LogP contribution >= 0.6 is 0 Å². The van der Waals surface area contributed by atoms with E-state index in [4.69, 9.17) is 9.47 Å². The summed E-state index contributed by atoms with van der Waals surface area (Å²) in [7, 11) is 0. The summed E-state index contributed by atoms with van der Waals surface area (Å²) < 4.78 is 10.3. The highest BCUT2D eigenvalue weighted by Crippen LogP contribution is 2.06. The van der Waals surface area contributed by atoms with Crippen LogP contribution in [0.1, 0.15) is 12.5 Å². The smallest absolute Gasteiger partial charge is 0.331 e. The van der Waals surface area contributed by atoms with Crippen molar-refractivity contribution in [2.45, 2.75) is 25.7 Å². The molecule has 1 fully saturated rings. The number of hydrogen-bond donors (Lipinski definition) is 1. The van der Waals surface area contributed by atoms with Crippen LogP contribution in [-0.2, 0) is 25.7 Å². The van der Waals surface area contributed by atoms with Crippen LogP contribution in [0.15, 0.2) is 30.3 Å². The standard InChI is InChI=1S/C13H15NO4/c1-9-12(15)14-11(13(16)18-9)8-17-7-10-5-3-2-4-6-10/h2-6,9,11H,7-8H2,1H3,(H,14,15)/t9-,11-/m0/s1. The Morgan fingerprint density at radius 3 is 2.72 bits per heavy atom. The van der Waals surface area contributed by atoms with Gasteiger partial charge in [0.1, 0.15) is 0 Å². The Morgan fingerprint density at radius 1 is 1.28 bits per heavy atom. The number of hydrogen-bond acceptors (Lipinski definition) is 4. The molecule has 0 aliphatic carbocycles. The highest BCUT2D eigenvalue weighted by molar-refractivity contribution is 5.92. The number of rotatable bonds is 4. The first-order chi connectivity index (χ1) is 8.66. The van der Waals surface area contributed by atoms with Crippen LogP contribution in [0.4, 0.5) is 0 Å². The molecule has 1 amide bonds. The lowest BCUT2D eigenvalue weighted by molar-refractivity contribution is -0.166. The zero-order chi connectivity index (χ0) is 13.0. The van der Waals surface area contributed by atoms with Gasteiger partial charge in [0.2, 0.25) is 0 Å². The van der Waals surface area contributed by atoms with E-state index in [-0.39, 0.29) is 12.5 Å². The van der Waals surface area contributed by atoms with Crippen LogP contribution < -0.4 is 5.32 Å². The summed E-state index contributed by atoms with van der Waals surface area (Å²) >= 11 is 0. The number of esters is 1. The molecule has 0 bridgehead atoms. The van der Waals surface area contributed by atoms with Gasteiger partial charge in [0.15, 0.2) is 12.1 Å². The molecule has 0 aromatic heterocycles. The topological polar surface area (TPSA) is 64.6 Å². The summed E-state index contributed by atoms with van der Waals surface area (Å²) in [5.41, 5.74) is 1.02. The van der Waals surface area contributed by atoms with Crippen molar-refractivity contribution >= 4 is 11.9 Å². The predicted molar refractivity (Wildman–Crippen MR) is 63.6 cm³/mol. The molecule has 0 unspecified atom stereocenters. The van der Waals surface area contributed by atoms with Gasteiger partial charge in [-0.15, -0.1) is 0 Å². The molecular formula is C13H15NO4. The Balaban J connectivity index is 1.80. The van der Waals surface area contributed by atoms with Gasteiger partial charge in [0.05, 0.1) is 13.2 Å². The predicted octanol–water partition coefficient (Wildman–Crippen LogP) is 0.633. The van der Waals surface area contributed by atoms with Crippen LogP contribution in [0.3, 0.4) is 0 Å². The molecule has 1 aromatic carbocycles. The average molecular weight is 249 g/mol. The summed E-state index contributed by atoms with van der Waals surface area (Å²) in [6.07, 6.45) is -0.720. The molecule has 1 aromatic rings. The van der Waals surface area contributed by atoms with E-state index in [2.05, 4.69) is 5.32 Å². The molecule has 18 heavy (non-hydrogen) atoms. The first-order valence-electron chi connectivity index (χ1n) is 5.79. The number of nitrogens with one attached hydrogen (secondary N) is 1. The number of amides is 1. The van der Waals surface area contributed by atoms with Crippen LogP contribution in [0.5, 0.6) is 0 Å². The van der Waals surface area contributed by atoms with Gasteiger partial charge in [-0.1, -0.05) is 30.3 Å². The minimum Gasteiger partial charge on any atom is -0.451 e. The van der Waals surface area contributed by atoms with Gasteiger partial charge in [0.25, 0.3) is 5.91 Å². The second-order valence-electron chi connectivity index (χ2n) is 4.14. The van der Waals surface area contributed by atoms with E-state index in [1.165, 1.54) is 6.92 Å². The lowest BCUT2D eigenvalue weighted by Crippen LogP contribution is -2.54. The maximum Gasteiger partial charge on any atom is 0.331 e. The van der Waals surface area contributed by atoms with Crippen molar-refractivity contribution in [2.75, 3.05) is 6.61 Å². The molecule has 5 nitrogen and oxygen atoms in total. The summed E-state index contributed by atoms with van der Waals surface area (Å²) in [6.45, 7) is 2.05. The summed E-state index contributed by atoms with van der Waals surface area (Å²) in [5, 5.41) is 2.56. The fourth-order valence-corrected chi connectivity index (χ4v) is 1.64.